The van der Waals surface area contributed by atoms with E-state index < -0.39 is 0 Å². The zero-order chi connectivity index (χ0) is 12.8. The summed E-state index contributed by atoms with van der Waals surface area (Å²) in [7, 11) is 0. The quantitative estimate of drug-likeness (QED) is 0.256. The van der Waals surface area contributed by atoms with Crippen LogP contribution in [0, 0.1) is 0 Å². The number of rotatable bonds is 5. The van der Waals surface area contributed by atoms with E-state index in [1.807, 2.05) is 25.1 Å². The van der Waals surface area contributed by atoms with Crippen LogP contribution < -0.4 is 5.73 Å². The highest BCUT2D eigenvalue weighted by atomic mass is 79.9. The summed E-state index contributed by atoms with van der Waals surface area (Å²) in [5.74, 6) is 0.0880. The van der Waals surface area contributed by atoms with Gasteiger partial charge in [0.1, 0.15) is 0 Å². The van der Waals surface area contributed by atoms with Crippen molar-refractivity contribution in [1.82, 2.24) is 0 Å². The summed E-state index contributed by atoms with van der Waals surface area (Å²) in [6.07, 6.45) is 0.705. The zero-order valence-corrected chi connectivity index (χ0v) is 11.8. The van der Waals surface area contributed by atoms with E-state index in [-0.39, 0.29) is 17.7 Å². The molecule has 1 unspecified atom stereocenters. The lowest BCUT2D eigenvalue weighted by atomic mass is 10.2. The van der Waals surface area contributed by atoms with E-state index in [0.29, 0.717) is 12.0 Å². The number of aliphatic hydroxyl groups is 1. The Hall–Kier alpha value is -0.720. The number of oxime groups is 1. The molecule has 0 amide bonds. The molecule has 4 N–H and O–H groups in total. The van der Waals surface area contributed by atoms with E-state index in [1.54, 1.807) is 11.8 Å². The van der Waals surface area contributed by atoms with Gasteiger partial charge in [-0.15, -0.1) is 11.8 Å². The second-order valence-electron chi connectivity index (χ2n) is 3.57. The third kappa shape index (κ3) is 4.22. The van der Waals surface area contributed by atoms with E-state index in [9.17, 15) is 0 Å². The van der Waals surface area contributed by atoms with Gasteiger partial charge in [0.2, 0.25) is 0 Å². The Morgan fingerprint density at radius 3 is 2.88 bits per heavy atom. The summed E-state index contributed by atoms with van der Waals surface area (Å²) >= 11 is 4.94. The first-order valence-electron chi connectivity index (χ1n) is 5.13. The Morgan fingerprint density at radius 1 is 1.59 bits per heavy atom. The molecule has 1 atom stereocenters. The molecule has 0 heterocycles. The van der Waals surface area contributed by atoms with Gasteiger partial charge in [0.15, 0.2) is 5.84 Å². The first-order chi connectivity index (χ1) is 8.08. The molecule has 0 fully saturated rings. The van der Waals surface area contributed by atoms with Gasteiger partial charge in [0, 0.05) is 26.8 Å². The lowest BCUT2D eigenvalue weighted by Crippen LogP contribution is -2.15. The molecule has 0 aromatic heterocycles. The number of aliphatic hydroxyl groups excluding tert-OH is 1. The Bertz CT molecular complexity index is 412. The van der Waals surface area contributed by atoms with Crippen LogP contribution in [0.5, 0.6) is 0 Å². The average molecular weight is 319 g/mol. The molecule has 1 aromatic rings. The van der Waals surface area contributed by atoms with E-state index in [2.05, 4.69) is 21.1 Å². The van der Waals surface area contributed by atoms with Gasteiger partial charge in [-0.1, -0.05) is 28.0 Å². The van der Waals surface area contributed by atoms with E-state index in [4.69, 9.17) is 16.0 Å². The molecular weight excluding hydrogens is 304 g/mol. The van der Waals surface area contributed by atoms with Gasteiger partial charge in [0.25, 0.3) is 0 Å². The number of nitrogens with zero attached hydrogens (tertiary/aromatic N) is 1. The highest BCUT2D eigenvalue weighted by Crippen LogP contribution is 2.30. The van der Waals surface area contributed by atoms with Gasteiger partial charge < -0.3 is 16.0 Å². The normalized spacial score (nSPS) is 13.7. The van der Waals surface area contributed by atoms with E-state index >= 15 is 0 Å². The van der Waals surface area contributed by atoms with Crippen molar-refractivity contribution in [3.8, 4) is 0 Å². The molecule has 0 saturated carbocycles. The Balaban J connectivity index is 2.98. The molecule has 94 valence electrons. The summed E-state index contributed by atoms with van der Waals surface area (Å²) in [6, 6.07) is 5.63. The molecule has 0 aliphatic rings. The molecule has 0 spiro atoms. The molecule has 0 aliphatic carbocycles. The number of hydrogen-bond acceptors (Lipinski definition) is 4. The van der Waals surface area contributed by atoms with E-state index in [0.717, 1.165) is 9.37 Å². The first-order valence-corrected chi connectivity index (χ1v) is 6.80. The van der Waals surface area contributed by atoms with Crippen LogP contribution in [-0.4, -0.2) is 28.0 Å². The number of thioether (sulfide) groups is 1. The molecule has 0 bridgehead atoms. The monoisotopic (exact) mass is 318 g/mol. The minimum absolute atomic E-state index is 0.0880. The van der Waals surface area contributed by atoms with Crippen LogP contribution in [0.1, 0.15) is 18.9 Å². The predicted octanol–water partition coefficient (Wildman–Crippen LogP) is 2.41. The lowest BCUT2D eigenvalue weighted by Gasteiger charge is -2.13. The van der Waals surface area contributed by atoms with Crippen LogP contribution in [0.15, 0.2) is 32.7 Å². The van der Waals surface area contributed by atoms with Gasteiger partial charge in [-0.2, -0.15) is 0 Å². The second kappa shape index (κ2) is 6.88. The van der Waals surface area contributed by atoms with Crippen LogP contribution in [0.3, 0.4) is 0 Å². The minimum Gasteiger partial charge on any atom is -0.409 e. The Kier molecular flexibility index (Phi) is 5.80. The average Bonchev–Trinajstić information content (AvgIpc) is 2.30. The highest BCUT2D eigenvalue weighted by Gasteiger charge is 2.11. The smallest absolute Gasteiger partial charge is 0.171 e. The molecule has 0 aliphatic heterocycles. The number of benzene rings is 1. The third-order valence-electron chi connectivity index (χ3n) is 2.19. The van der Waals surface area contributed by atoms with Gasteiger partial charge in [-0.25, -0.2) is 0 Å². The van der Waals surface area contributed by atoms with Gasteiger partial charge in [-0.3, -0.25) is 0 Å². The van der Waals surface area contributed by atoms with Crippen molar-refractivity contribution in [2.75, 3.05) is 6.61 Å². The Labute approximate surface area is 113 Å². The fourth-order valence-electron chi connectivity index (χ4n) is 1.32. The van der Waals surface area contributed by atoms with Crippen LogP contribution in [0.4, 0.5) is 0 Å². The van der Waals surface area contributed by atoms with Crippen molar-refractivity contribution >= 4 is 33.5 Å². The SMILES string of the molecule is CC(CCO)Sc1ccc(Br)cc1/C(N)=N/O. The number of halogens is 1. The maximum atomic E-state index is 8.87. The number of nitrogens with two attached hydrogens (primary N) is 1. The molecule has 17 heavy (non-hydrogen) atoms. The molecule has 0 saturated heterocycles. The van der Waals surface area contributed by atoms with Gasteiger partial charge in [0.05, 0.1) is 0 Å². The molecule has 1 rings (SSSR count). The van der Waals surface area contributed by atoms with Crippen molar-refractivity contribution < 1.29 is 10.3 Å². The van der Waals surface area contributed by atoms with Crippen LogP contribution in [0.2, 0.25) is 0 Å². The highest BCUT2D eigenvalue weighted by molar-refractivity contribution is 9.10. The van der Waals surface area contributed by atoms with Crippen molar-refractivity contribution in [1.29, 1.82) is 0 Å². The molecule has 1 aromatic carbocycles. The second-order valence-corrected chi connectivity index (χ2v) is 5.96. The summed E-state index contributed by atoms with van der Waals surface area (Å²) in [5, 5.41) is 20.9. The standard InChI is InChI=1S/C11H15BrN2O2S/c1-7(4-5-15)17-10-3-2-8(12)6-9(10)11(13)14-16/h2-3,6-7,15-16H,4-5H2,1H3,(H2,13,14). The van der Waals surface area contributed by atoms with Crippen molar-refractivity contribution in [3.05, 3.63) is 28.2 Å². The first kappa shape index (κ1) is 14.3. The maximum Gasteiger partial charge on any atom is 0.171 e. The molecule has 6 heteroatoms. The van der Waals surface area contributed by atoms with Crippen LogP contribution in [-0.2, 0) is 0 Å². The Morgan fingerprint density at radius 2 is 2.29 bits per heavy atom. The fraction of sp³-hybridized carbons (Fsp3) is 0.364. The largest absolute Gasteiger partial charge is 0.409 e. The van der Waals surface area contributed by atoms with Crippen LogP contribution >= 0.6 is 27.7 Å². The third-order valence-corrected chi connectivity index (χ3v) is 3.93. The van der Waals surface area contributed by atoms with Crippen molar-refractivity contribution in [3.63, 3.8) is 0 Å². The van der Waals surface area contributed by atoms with Crippen LogP contribution in [0.25, 0.3) is 0 Å². The maximum absolute atomic E-state index is 8.87. The summed E-state index contributed by atoms with van der Waals surface area (Å²) < 4.78 is 0.873. The summed E-state index contributed by atoms with van der Waals surface area (Å²) in [4.78, 5) is 0.935. The summed E-state index contributed by atoms with van der Waals surface area (Å²) in [6.45, 7) is 2.18. The predicted molar refractivity (Wildman–Crippen MR) is 73.7 cm³/mol. The fourth-order valence-corrected chi connectivity index (χ4v) is 2.77. The molecule has 0 radical (unpaired) electrons. The summed E-state index contributed by atoms with van der Waals surface area (Å²) in [5.41, 5.74) is 6.32. The lowest BCUT2D eigenvalue weighted by molar-refractivity contribution is 0.289. The zero-order valence-electron chi connectivity index (χ0n) is 9.43. The molecular formula is C11H15BrN2O2S. The number of amidine groups is 1. The molecule has 4 nitrogen and oxygen atoms in total. The minimum atomic E-state index is 0.0880. The van der Waals surface area contributed by atoms with E-state index in [1.165, 1.54) is 0 Å². The number of hydrogen-bond donors (Lipinski definition) is 3. The van der Waals surface area contributed by atoms with Crippen molar-refractivity contribution in [2.24, 2.45) is 10.9 Å². The van der Waals surface area contributed by atoms with Crippen molar-refractivity contribution in [2.45, 2.75) is 23.5 Å². The van der Waals surface area contributed by atoms with Gasteiger partial charge in [-0.05, 0) is 24.6 Å². The topological polar surface area (TPSA) is 78.8 Å². The van der Waals surface area contributed by atoms with Gasteiger partial charge >= 0.3 is 0 Å².